The van der Waals surface area contributed by atoms with Crippen molar-refractivity contribution in [3.8, 4) is 5.75 Å². The van der Waals surface area contributed by atoms with E-state index >= 15 is 0 Å². The summed E-state index contributed by atoms with van der Waals surface area (Å²) in [4.78, 5) is 26.5. The van der Waals surface area contributed by atoms with Crippen LogP contribution in [0.1, 0.15) is 25.0 Å². The Morgan fingerprint density at radius 1 is 1.13 bits per heavy atom. The summed E-state index contributed by atoms with van der Waals surface area (Å²) in [6.45, 7) is 4.46. The van der Waals surface area contributed by atoms with Crippen molar-refractivity contribution in [3.05, 3.63) is 70.6 Å². The molecule has 1 amide bonds. The summed E-state index contributed by atoms with van der Waals surface area (Å²) in [6.07, 6.45) is 1.75. The van der Waals surface area contributed by atoms with E-state index in [1.807, 2.05) is 68.4 Å². The Bertz CT molecular complexity index is 957. The lowest BCUT2D eigenvalue weighted by Crippen LogP contribution is -2.34. The number of benzene rings is 2. The summed E-state index contributed by atoms with van der Waals surface area (Å²) in [5.74, 6) is 0.132. The zero-order valence-corrected chi connectivity index (χ0v) is 18.5. The molecule has 1 aliphatic rings. The predicted molar refractivity (Wildman–Crippen MR) is 123 cm³/mol. The third kappa shape index (κ3) is 5.93. The van der Waals surface area contributed by atoms with E-state index < -0.39 is 5.97 Å². The van der Waals surface area contributed by atoms with Gasteiger partial charge in [-0.1, -0.05) is 86.4 Å². The molecule has 0 unspecified atom stereocenters. The number of carbonyl (C=O) groups excluding carboxylic acids is 2. The third-order valence-electron chi connectivity index (χ3n) is 4.18. The van der Waals surface area contributed by atoms with Gasteiger partial charge in [0.05, 0.1) is 11.5 Å². The summed E-state index contributed by atoms with van der Waals surface area (Å²) >= 11 is 6.47. The Hall–Kier alpha value is -2.64. The highest BCUT2D eigenvalue weighted by Crippen LogP contribution is 2.34. The molecule has 1 aliphatic heterocycles. The number of hydrogen-bond acceptors (Lipinski definition) is 6. The van der Waals surface area contributed by atoms with Crippen LogP contribution in [-0.2, 0) is 20.9 Å². The number of thioether (sulfide) groups is 1. The first-order valence-corrected chi connectivity index (χ1v) is 10.8. The van der Waals surface area contributed by atoms with Crippen molar-refractivity contribution in [2.45, 2.75) is 20.5 Å². The standard InChI is InChI=1S/C23H23NO4S2/c1-16(2)14-28-21(25)13-24-22(26)20(30-23(24)29)12-18-10-6-7-11-19(18)27-15-17-8-4-3-5-9-17/h3-12,16H,13-15H2,1-2H3/b20-12-. The minimum Gasteiger partial charge on any atom is -0.488 e. The molecule has 1 heterocycles. The fourth-order valence-corrected chi connectivity index (χ4v) is 3.92. The summed E-state index contributed by atoms with van der Waals surface area (Å²) in [5, 5.41) is 0. The topological polar surface area (TPSA) is 55.8 Å². The molecule has 156 valence electrons. The van der Waals surface area contributed by atoms with Gasteiger partial charge in [0.2, 0.25) is 0 Å². The van der Waals surface area contributed by atoms with Crippen LogP contribution in [-0.4, -0.2) is 34.2 Å². The Morgan fingerprint density at radius 3 is 2.57 bits per heavy atom. The average Bonchev–Trinajstić information content (AvgIpc) is 2.99. The van der Waals surface area contributed by atoms with E-state index in [0.717, 1.165) is 11.1 Å². The lowest BCUT2D eigenvalue weighted by Gasteiger charge is -2.14. The summed E-state index contributed by atoms with van der Waals surface area (Å²) in [6, 6.07) is 17.4. The molecule has 0 spiro atoms. The van der Waals surface area contributed by atoms with Crippen molar-refractivity contribution in [2.75, 3.05) is 13.2 Å². The van der Waals surface area contributed by atoms with E-state index in [4.69, 9.17) is 21.7 Å². The molecule has 0 N–H and O–H groups in total. The molecule has 1 saturated heterocycles. The summed E-state index contributed by atoms with van der Waals surface area (Å²) in [5.41, 5.74) is 1.83. The summed E-state index contributed by atoms with van der Waals surface area (Å²) in [7, 11) is 0. The number of amides is 1. The predicted octanol–water partition coefficient (Wildman–Crippen LogP) is 4.67. The smallest absolute Gasteiger partial charge is 0.326 e. The van der Waals surface area contributed by atoms with E-state index in [9.17, 15) is 9.59 Å². The van der Waals surface area contributed by atoms with Crippen LogP contribution in [0, 0.1) is 5.92 Å². The lowest BCUT2D eigenvalue weighted by atomic mass is 10.1. The van der Waals surface area contributed by atoms with Gasteiger partial charge in [-0.05, 0) is 23.6 Å². The van der Waals surface area contributed by atoms with Crippen LogP contribution < -0.4 is 4.74 Å². The van der Waals surface area contributed by atoms with Crippen molar-refractivity contribution in [2.24, 2.45) is 5.92 Å². The molecule has 0 aromatic heterocycles. The first kappa shape index (κ1) is 22.1. The van der Waals surface area contributed by atoms with E-state index in [1.165, 1.54) is 16.7 Å². The van der Waals surface area contributed by atoms with Crippen molar-refractivity contribution in [1.29, 1.82) is 0 Å². The van der Waals surface area contributed by atoms with Gasteiger partial charge in [-0.15, -0.1) is 0 Å². The van der Waals surface area contributed by atoms with E-state index in [-0.39, 0.29) is 18.4 Å². The zero-order chi connectivity index (χ0) is 21.5. The van der Waals surface area contributed by atoms with Crippen molar-refractivity contribution < 1.29 is 19.1 Å². The van der Waals surface area contributed by atoms with Crippen LogP contribution in [0.5, 0.6) is 5.75 Å². The number of para-hydroxylation sites is 1. The normalized spacial score (nSPS) is 15.2. The Kier molecular flexibility index (Phi) is 7.65. The molecule has 2 aromatic rings. The van der Waals surface area contributed by atoms with Crippen LogP contribution in [0.25, 0.3) is 6.08 Å². The molecule has 0 atom stereocenters. The molecule has 1 fully saturated rings. The Balaban J connectivity index is 1.70. The molecule has 7 heteroatoms. The first-order chi connectivity index (χ1) is 14.4. The second kappa shape index (κ2) is 10.4. The number of thiocarbonyl (C=S) groups is 1. The van der Waals surface area contributed by atoms with Crippen LogP contribution in [0.4, 0.5) is 0 Å². The molecule has 0 bridgehead atoms. The van der Waals surface area contributed by atoms with Crippen LogP contribution in [0.2, 0.25) is 0 Å². The quantitative estimate of drug-likeness (QED) is 0.337. The fraction of sp³-hybridized carbons (Fsp3) is 0.261. The monoisotopic (exact) mass is 441 g/mol. The van der Waals surface area contributed by atoms with Gasteiger partial charge in [-0.25, -0.2) is 0 Å². The average molecular weight is 442 g/mol. The van der Waals surface area contributed by atoms with Crippen LogP contribution in [0.3, 0.4) is 0 Å². The van der Waals surface area contributed by atoms with Gasteiger partial charge >= 0.3 is 5.97 Å². The highest BCUT2D eigenvalue weighted by Gasteiger charge is 2.34. The number of nitrogens with zero attached hydrogens (tertiary/aromatic N) is 1. The van der Waals surface area contributed by atoms with Crippen LogP contribution >= 0.6 is 24.0 Å². The van der Waals surface area contributed by atoms with Gasteiger partial charge < -0.3 is 9.47 Å². The minimum absolute atomic E-state index is 0.180. The van der Waals surface area contributed by atoms with Gasteiger partial charge in [0.25, 0.3) is 5.91 Å². The van der Waals surface area contributed by atoms with Gasteiger partial charge in [-0.2, -0.15) is 0 Å². The van der Waals surface area contributed by atoms with Crippen molar-refractivity contribution in [3.63, 3.8) is 0 Å². The highest BCUT2D eigenvalue weighted by atomic mass is 32.2. The molecule has 5 nitrogen and oxygen atoms in total. The molecule has 30 heavy (non-hydrogen) atoms. The fourth-order valence-electron chi connectivity index (χ4n) is 2.68. The van der Waals surface area contributed by atoms with Gasteiger partial charge in [0.15, 0.2) is 0 Å². The van der Waals surface area contributed by atoms with E-state index in [0.29, 0.717) is 28.2 Å². The van der Waals surface area contributed by atoms with Gasteiger partial charge in [0, 0.05) is 5.56 Å². The second-order valence-corrected chi connectivity index (χ2v) is 8.83. The lowest BCUT2D eigenvalue weighted by molar-refractivity contribution is -0.147. The molecule has 0 saturated carbocycles. The van der Waals surface area contributed by atoms with E-state index in [2.05, 4.69) is 0 Å². The SMILES string of the molecule is CC(C)COC(=O)CN1C(=O)/C(=C/c2ccccc2OCc2ccccc2)SC1=S. The van der Waals surface area contributed by atoms with Crippen LogP contribution in [0.15, 0.2) is 59.5 Å². The van der Waals surface area contributed by atoms with Crippen molar-refractivity contribution >= 4 is 46.3 Å². The number of hydrogen-bond donors (Lipinski definition) is 0. The summed E-state index contributed by atoms with van der Waals surface area (Å²) < 4.78 is 11.5. The third-order valence-corrected chi connectivity index (χ3v) is 5.56. The molecular formula is C23H23NO4S2. The molecule has 0 radical (unpaired) electrons. The molecule has 3 rings (SSSR count). The second-order valence-electron chi connectivity index (χ2n) is 7.16. The molecule has 2 aromatic carbocycles. The number of rotatable bonds is 8. The highest BCUT2D eigenvalue weighted by molar-refractivity contribution is 8.26. The van der Waals surface area contributed by atoms with E-state index in [1.54, 1.807) is 6.08 Å². The van der Waals surface area contributed by atoms with Crippen molar-refractivity contribution in [1.82, 2.24) is 4.90 Å². The zero-order valence-electron chi connectivity index (χ0n) is 16.9. The number of ether oxygens (including phenoxy) is 2. The first-order valence-electron chi connectivity index (χ1n) is 9.61. The minimum atomic E-state index is -0.465. The maximum atomic E-state index is 12.8. The molecular weight excluding hydrogens is 418 g/mol. The number of carbonyl (C=O) groups is 2. The maximum Gasteiger partial charge on any atom is 0.326 e. The maximum absolute atomic E-state index is 12.8. The Labute approximate surface area is 186 Å². The largest absolute Gasteiger partial charge is 0.488 e. The van der Waals surface area contributed by atoms with Gasteiger partial charge in [-0.3, -0.25) is 14.5 Å². The molecule has 0 aliphatic carbocycles. The number of esters is 1. The Morgan fingerprint density at radius 2 is 1.83 bits per heavy atom. The van der Waals surface area contributed by atoms with Gasteiger partial charge in [0.1, 0.15) is 23.2 Å².